The van der Waals surface area contributed by atoms with Gasteiger partial charge in [-0.05, 0) is 31.5 Å². The molecule has 1 aliphatic heterocycles. The van der Waals surface area contributed by atoms with E-state index >= 15 is 0 Å². The maximum absolute atomic E-state index is 12.0. The highest BCUT2D eigenvalue weighted by atomic mass is 35.5. The fourth-order valence-electron chi connectivity index (χ4n) is 3.26. The summed E-state index contributed by atoms with van der Waals surface area (Å²) in [6.45, 7) is 2.23. The molecule has 0 N–H and O–H groups in total. The quantitative estimate of drug-likeness (QED) is 0.842. The first-order valence-corrected chi connectivity index (χ1v) is 8.91. The van der Waals surface area contributed by atoms with E-state index in [0.29, 0.717) is 11.6 Å². The number of likely N-dealkylation sites (tertiary alicyclic amines) is 1. The van der Waals surface area contributed by atoms with Crippen LogP contribution < -0.4 is 0 Å². The second-order valence-corrected chi connectivity index (χ2v) is 7.10. The lowest BCUT2D eigenvalue weighted by Crippen LogP contribution is -2.41. The van der Waals surface area contributed by atoms with Gasteiger partial charge >= 0.3 is 0 Å². The highest BCUT2D eigenvalue weighted by Crippen LogP contribution is 2.32. The van der Waals surface area contributed by atoms with Gasteiger partial charge in [0.05, 0.1) is 17.9 Å². The first kappa shape index (κ1) is 17.8. The molecule has 0 saturated carbocycles. The summed E-state index contributed by atoms with van der Waals surface area (Å²) in [7, 11) is 3.59. The van der Waals surface area contributed by atoms with E-state index in [1.807, 2.05) is 24.3 Å². The second kappa shape index (κ2) is 7.93. The third-order valence-electron chi connectivity index (χ3n) is 4.57. The minimum absolute atomic E-state index is 0.134. The predicted octanol–water partition coefficient (Wildman–Crippen LogP) is 3.06. The Morgan fingerprint density at radius 1 is 1.32 bits per heavy atom. The maximum Gasteiger partial charge on any atom is 0.236 e. The minimum Gasteiger partial charge on any atom is -0.348 e. The van der Waals surface area contributed by atoms with Crippen molar-refractivity contribution in [2.75, 3.05) is 33.7 Å². The summed E-state index contributed by atoms with van der Waals surface area (Å²) in [5, 5.41) is 0.691. The summed E-state index contributed by atoms with van der Waals surface area (Å²) < 4.78 is 0. The highest BCUT2D eigenvalue weighted by molar-refractivity contribution is 6.30. The zero-order chi connectivity index (χ0) is 17.8. The molecule has 1 amide bonds. The third kappa shape index (κ3) is 4.35. The molecule has 132 valence electrons. The van der Waals surface area contributed by atoms with Crippen molar-refractivity contribution in [1.82, 2.24) is 19.8 Å². The van der Waals surface area contributed by atoms with Crippen LogP contribution in [-0.2, 0) is 4.79 Å². The number of aromatic nitrogens is 2. The summed E-state index contributed by atoms with van der Waals surface area (Å²) in [6.07, 6.45) is 5.57. The molecule has 2 heterocycles. The van der Waals surface area contributed by atoms with Crippen molar-refractivity contribution in [3.8, 4) is 11.3 Å². The van der Waals surface area contributed by atoms with Crippen molar-refractivity contribution in [3.63, 3.8) is 0 Å². The third-order valence-corrected chi connectivity index (χ3v) is 4.81. The molecule has 1 aromatic heterocycles. The molecule has 0 bridgehead atoms. The van der Waals surface area contributed by atoms with Crippen LogP contribution in [0.3, 0.4) is 0 Å². The molecule has 1 atom stereocenters. The Balaban J connectivity index is 1.83. The molecule has 1 aromatic carbocycles. The van der Waals surface area contributed by atoms with Crippen LogP contribution in [0.1, 0.15) is 24.5 Å². The number of rotatable bonds is 4. The monoisotopic (exact) mass is 358 g/mol. The lowest BCUT2D eigenvalue weighted by molar-refractivity contribution is -0.130. The fourth-order valence-corrected chi connectivity index (χ4v) is 3.45. The number of nitrogens with zero attached hydrogens (tertiary/aromatic N) is 4. The molecule has 2 aromatic rings. The number of piperidine rings is 1. The number of amides is 1. The SMILES string of the molecule is CN(C)C(=O)CN1CCC[C@H](c2nccnc2-c2cccc(Cl)c2)C1. The van der Waals surface area contributed by atoms with Gasteiger partial charge < -0.3 is 4.90 Å². The van der Waals surface area contributed by atoms with Gasteiger partial charge in [-0.2, -0.15) is 0 Å². The predicted molar refractivity (Wildman–Crippen MR) is 99.6 cm³/mol. The Labute approximate surface area is 153 Å². The van der Waals surface area contributed by atoms with E-state index in [1.165, 1.54) is 0 Å². The molecule has 1 saturated heterocycles. The smallest absolute Gasteiger partial charge is 0.236 e. The minimum atomic E-state index is 0.134. The Hall–Kier alpha value is -1.98. The second-order valence-electron chi connectivity index (χ2n) is 6.66. The average Bonchev–Trinajstić information content (AvgIpc) is 2.62. The number of carbonyl (C=O) groups is 1. The molecule has 3 rings (SSSR count). The zero-order valence-electron chi connectivity index (χ0n) is 14.7. The van der Waals surface area contributed by atoms with E-state index in [9.17, 15) is 4.79 Å². The van der Waals surface area contributed by atoms with Gasteiger partial charge in [0.1, 0.15) is 0 Å². The number of halogens is 1. The molecule has 1 fully saturated rings. The molecule has 0 aliphatic carbocycles. The molecule has 0 spiro atoms. The van der Waals surface area contributed by atoms with Gasteiger partial charge in [0.15, 0.2) is 0 Å². The van der Waals surface area contributed by atoms with Gasteiger partial charge in [0, 0.05) is 49.5 Å². The zero-order valence-corrected chi connectivity index (χ0v) is 15.4. The molecule has 0 unspecified atom stereocenters. The van der Waals surface area contributed by atoms with Crippen molar-refractivity contribution in [2.24, 2.45) is 0 Å². The number of carbonyl (C=O) groups excluding carboxylic acids is 1. The summed E-state index contributed by atoms with van der Waals surface area (Å²) in [4.78, 5) is 25.1. The van der Waals surface area contributed by atoms with Crippen LogP contribution in [0.25, 0.3) is 11.3 Å². The summed E-state index contributed by atoms with van der Waals surface area (Å²) in [6, 6.07) is 7.72. The van der Waals surface area contributed by atoms with Gasteiger partial charge in [0.25, 0.3) is 0 Å². The molecule has 1 aliphatic rings. The van der Waals surface area contributed by atoms with E-state index in [-0.39, 0.29) is 11.8 Å². The lowest BCUT2D eigenvalue weighted by Gasteiger charge is -2.33. The number of hydrogen-bond acceptors (Lipinski definition) is 4. The molecule has 5 nitrogen and oxygen atoms in total. The van der Waals surface area contributed by atoms with Gasteiger partial charge in [-0.25, -0.2) is 0 Å². The van der Waals surface area contributed by atoms with Crippen LogP contribution in [0.2, 0.25) is 5.02 Å². The fraction of sp³-hybridized carbons (Fsp3) is 0.421. The number of benzene rings is 1. The Kier molecular flexibility index (Phi) is 5.66. The van der Waals surface area contributed by atoms with Gasteiger partial charge in [-0.1, -0.05) is 23.7 Å². The van der Waals surface area contributed by atoms with Crippen molar-refractivity contribution in [3.05, 3.63) is 47.4 Å². The number of hydrogen-bond donors (Lipinski definition) is 0. The van der Waals surface area contributed by atoms with E-state index < -0.39 is 0 Å². The van der Waals surface area contributed by atoms with Crippen molar-refractivity contribution in [1.29, 1.82) is 0 Å². The van der Waals surface area contributed by atoms with E-state index in [0.717, 1.165) is 42.9 Å². The molecule has 6 heteroatoms. The van der Waals surface area contributed by atoms with Gasteiger partial charge in [0.2, 0.25) is 5.91 Å². The average molecular weight is 359 g/mol. The van der Waals surface area contributed by atoms with Crippen LogP contribution in [0, 0.1) is 0 Å². The molecule has 0 radical (unpaired) electrons. The van der Waals surface area contributed by atoms with Crippen molar-refractivity contribution >= 4 is 17.5 Å². The van der Waals surface area contributed by atoms with Crippen LogP contribution in [0.5, 0.6) is 0 Å². The molecular weight excluding hydrogens is 336 g/mol. The number of likely N-dealkylation sites (N-methyl/N-ethyl adjacent to an activating group) is 1. The van der Waals surface area contributed by atoms with Crippen molar-refractivity contribution < 1.29 is 4.79 Å². The van der Waals surface area contributed by atoms with E-state index in [1.54, 1.807) is 31.4 Å². The highest BCUT2D eigenvalue weighted by Gasteiger charge is 2.26. The van der Waals surface area contributed by atoms with Gasteiger partial charge in [-0.3, -0.25) is 19.7 Å². The summed E-state index contributed by atoms with van der Waals surface area (Å²) in [5.41, 5.74) is 2.86. The maximum atomic E-state index is 12.0. The standard InChI is InChI=1S/C19H23ClN4O/c1-23(2)17(25)13-24-10-4-6-15(12-24)19-18(21-8-9-22-19)14-5-3-7-16(20)11-14/h3,5,7-9,11,15H,4,6,10,12-13H2,1-2H3/t15-/m0/s1. The Morgan fingerprint density at radius 3 is 2.88 bits per heavy atom. The summed E-state index contributed by atoms with van der Waals surface area (Å²) in [5.74, 6) is 0.404. The topological polar surface area (TPSA) is 49.3 Å². The van der Waals surface area contributed by atoms with E-state index in [4.69, 9.17) is 11.6 Å². The van der Waals surface area contributed by atoms with Crippen molar-refractivity contribution in [2.45, 2.75) is 18.8 Å². The lowest BCUT2D eigenvalue weighted by atomic mass is 9.91. The largest absolute Gasteiger partial charge is 0.348 e. The first-order chi connectivity index (χ1) is 12.0. The van der Waals surface area contributed by atoms with Crippen LogP contribution in [0.4, 0.5) is 0 Å². The Bertz CT molecular complexity index is 750. The molecule has 25 heavy (non-hydrogen) atoms. The normalized spacial score (nSPS) is 18.1. The van der Waals surface area contributed by atoms with Crippen LogP contribution in [0.15, 0.2) is 36.7 Å². The van der Waals surface area contributed by atoms with Gasteiger partial charge in [-0.15, -0.1) is 0 Å². The van der Waals surface area contributed by atoms with Crippen LogP contribution >= 0.6 is 11.6 Å². The first-order valence-electron chi connectivity index (χ1n) is 8.54. The van der Waals surface area contributed by atoms with E-state index in [2.05, 4.69) is 14.9 Å². The molecular formula is C19H23ClN4O. The Morgan fingerprint density at radius 2 is 2.12 bits per heavy atom. The van der Waals surface area contributed by atoms with Crippen LogP contribution in [-0.4, -0.2) is 59.4 Å². The summed E-state index contributed by atoms with van der Waals surface area (Å²) >= 11 is 6.14.